The van der Waals surface area contributed by atoms with Gasteiger partial charge in [-0.3, -0.25) is 34.9 Å². The van der Waals surface area contributed by atoms with Crippen molar-refractivity contribution < 1.29 is 28.8 Å². The van der Waals surface area contributed by atoms with Crippen molar-refractivity contribution in [2.45, 2.75) is 71.4 Å². The standard InChI is InChI=1S/C26H36N4O6/c1-6-8-9-18-16-19(10-11-21(18)29-35-5)25(34)28-27-22(31)17-20(7-2)36-15-14-26(3,4)30-23(32)12-13-24(30)33/h9-13,16,20H,6-8,14-15,17H2,1-5H3,(H,27,31)(H,28,34)/b18-9+,29-21-. The van der Waals surface area contributed by atoms with Gasteiger partial charge in [0.15, 0.2) is 0 Å². The number of imide groups is 1. The van der Waals surface area contributed by atoms with E-state index in [0.717, 1.165) is 18.4 Å². The largest absolute Gasteiger partial charge is 0.399 e. The topological polar surface area (TPSA) is 126 Å². The number of hydrogen-bond donors (Lipinski definition) is 2. The lowest BCUT2D eigenvalue weighted by molar-refractivity contribution is -0.143. The number of allylic oxidation sites excluding steroid dienone is 4. The molecule has 0 fully saturated rings. The summed E-state index contributed by atoms with van der Waals surface area (Å²) in [4.78, 5) is 54.9. The minimum absolute atomic E-state index is 0.0432. The zero-order valence-corrected chi connectivity index (χ0v) is 21.6. The highest BCUT2D eigenvalue weighted by Gasteiger charge is 2.37. The van der Waals surface area contributed by atoms with Crippen molar-refractivity contribution in [2.75, 3.05) is 13.7 Å². The molecule has 1 aliphatic heterocycles. The van der Waals surface area contributed by atoms with Gasteiger partial charge in [0.1, 0.15) is 12.8 Å². The van der Waals surface area contributed by atoms with Crippen molar-refractivity contribution in [3.8, 4) is 0 Å². The van der Waals surface area contributed by atoms with E-state index >= 15 is 0 Å². The number of nitrogens with one attached hydrogen (secondary N) is 2. The number of carbonyl (C=O) groups excluding carboxylic acids is 4. The van der Waals surface area contributed by atoms with Crippen LogP contribution in [0.2, 0.25) is 0 Å². The van der Waals surface area contributed by atoms with Crippen LogP contribution in [0.4, 0.5) is 0 Å². The first-order chi connectivity index (χ1) is 17.1. The van der Waals surface area contributed by atoms with Gasteiger partial charge in [-0.2, -0.15) is 0 Å². The summed E-state index contributed by atoms with van der Waals surface area (Å²) in [6.07, 6.45) is 11.9. The van der Waals surface area contributed by atoms with Crippen molar-refractivity contribution in [3.05, 3.63) is 47.6 Å². The molecule has 0 aromatic heterocycles. The summed E-state index contributed by atoms with van der Waals surface area (Å²) in [6, 6.07) is 0. The van der Waals surface area contributed by atoms with Crippen molar-refractivity contribution in [1.82, 2.24) is 15.8 Å². The third kappa shape index (κ3) is 8.01. The van der Waals surface area contributed by atoms with Gasteiger partial charge < -0.3 is 9.57 Å². The maximum absolute atomic E-state index is 12.6. The summed E-state index contributed by atoms with van der Waals surface area (Å²) in [5, 5.41) is 3.96. The lowest BCUT2D eigenvalue weighted by Gasteiger charge is -2.34. The first kappa shape index (κ1) is 28.7. The molecule has 1 aliphatic carbocycles. The molecule has 2 N–H and O–H groups in total. The molecule has 0 aromatic rings. The van der Waals surface area contributed by atoms with Gasteiger partial charge in [0.25, 0.3) is 17.7 Å². The molecule has 1 heterocycles. The van der Waals surface area contributed by atoms with Crippen LogP contribution in [0.5, 0.6) is 0 Å². The molecule has 0 bridgehead atoms. The van der Waals surface area contributed by atoms with Gasteiger partial charge in [-0.25, -0.2) is 0 Å². The first-order valence-corrected chi connectivity index (χ1v) is 12.1. The van der Waals surface area contributed by atoms with Crippen LogP contribution in [0.25, 0.3) is 0 Å². The zero-order chi connectivity index (χ0) is 26.7. The van der Waals surface area contributed by atoms with Crippen LogP contribution < -0.4 is 10.9 Å². The normalized spacial score (nSPS) is 18.6. The second kappa shape index (κ2) is 13.5. The molecule has 1 unspecified atom stereocenters. The first-order valence-electron chi connectivity index (χ1n) is 12.1. The molecule has 0 spiro atoms. The molecule has 2 rings (SSSR count). The average molecular weight is 501 g/mol. The Kier molecular flexibility index (Phi) is 10.8. The van der Waals surface area contributed by atoms with Crippen LogP contribution in [0.15, 0.2) is 52.8 Å². The molecule has 2 aliphatic rings. The van der Waals surface area contributed by atoms with Gasteiger partial charge in [-0.15, -0.1) is 0 Å². The maximum Gasteiger partial charge on any atom is 0.269 e. The molecule has 0 saturated heterocycles. The number of nitrogens with zero attached hydrogens (tertiary/aromatic N) is 2. The van der Waals surface area contributed by atoms with Crippen LogP contribution in [-0.4, -0.2) is 59.6 Å². The second-order valence-corrected chi connectivity index (χ2v) is 9.06. The third-order valence-electron chi connectivity index (χ3n) is 5.80. The number of hydrazine groups is 1. The molecule has 1 atom stereocenters. The van der Waals surface area contributed by atoms with Crippen LogP contribution >= 0.6 is 0 Å². The van der Waals surface area contributed by atoms with E-state index in [1.54, 1.807) is 32.1 Å². The number of oxime groups is 1. The highest BCUT2D eigenvalue weighted by atomic mass is 16.6. The van der Waals surface area contributed by atoms with Crippen LogP contribution in [0.3, 0.4) is 0 Å². The molecule has 196 valence electrons. The Balaban J connectivity index is 1.84. The minimum Gasteiger partial charge on any atom is -0.399 e. The predicted molar refractivity (Wildman–Crippen MR) is 135 cm³/mol. The summed E-state index contributed by atoms with van der Waals surface area (Å²) in [5.41, 5.74) is 5.91. The van der Waals surface area contributed by atoms with Crippen molar-refractivity contribution in [1.29, 1.82) is 0 Å². The number of hydrogen-bond acceptors (Lipinski definition) is 7. The summed E-state index contributed by atoms with van der Waals surface area (Å²) in [6.45, 7) is 7.79. The van der Waals surface area contributed by atoms with Gasteiger partial charge in [-0.05, 0) is 51.3 Å². The smallest absolute Gasteiger partial charge is 0.269 e. The maximum atomic E-state index is 12.6. The Morgan fingerprint density at radius 3 is 2.42 bits per heavy atom. The molecule has 10 nitrogen and oxygen atoms in total. The Bertz CT molecular complexity index is 988. The van der Waals surface area contributed by atoms with E-state index in [4.69, 9.17) is 9.57 Å². The van der Waals surface area contributed by atoms with Crippen molar-refractivity contribution >= 4 is 29.3 Å². The van der Waals surface area contributed by atoms with Crippen LogP contribution in [0, 0.1) is 0 Å². The SMILES string of the molecule is CCC/C=C1\C=C(C(=O)NNC(=O)CC(CC)OCCC(C)(C)N2C(=O)C=CC2=O)C=C\C1=N\OC. The number of carbonyl (C=O) groups is 4. The van der Waals surface area contributed by atoms with E-state index in [2.05, 4.69) is 22.9 Å². The Morgan fingerprint density at radius 1 is 1.11 bits per heavy atom. The Hall–Kier alpha value is -3.53. The van der Waals surface area contributed by atoms with E-state index in [0.29, 0.717) is 24.1 Å². The third-order valence-corrected chi connectivity index (χ3v) is 5.80. The Labute approximate surface area is 212 Å². The van der Waals surface area contributed by atoms with Gasteiger partial charge in [0.2, 0.25) is 5.91 Å². The number of unbranched alkanes of at least 4 members (excludes halogenated alkanes) is 1. The molecule has 0 radical (unpaired) electrons. The van der Waals surface area contributed by atoms with E-state index in [9.17, 15) is 19.2 Å². The molecule has 4 amide bonds. The van der Waals surface area contributed by atoms with Crippen molar-refractivity contribution in [3.63, 3.8) is 0 Å². The second-order valence-electron chi connectivity index (χ2n) is 9.06. The summed E-state index contributed by atoms with van der Waals surface area (Å²) < 4.78 is 5.84. The highest BCUT2D eigenvalue weighted by molar-refractivity contribution is 6.15. The van der Waals surface area contributed by atoms with Gasteiger partial charge >= 0.3 is 0 Å². The number of amides is 4. The molecule has 0 aromatic carbocycles. The molecule has 0 saturated carbocycles. The molecular formula is C26H36N4O6. The molecule has 10 heteroatoms. The monoisotopic (exact) mass is 500 g/mol. The summed E-state index contributed by atoms with van der Waals surface area (Å²) in [5.74, 6) is -1.54. The zero-order valence-electron chi connectivity index (χ0n) is 21.6. The van der Waals surface area contributed by atoms with E-state index in [1.165, 1.54) is 24.2 Å². The van der Waals surface area contributed by atoms with Gasteiger partial charge in [-0.1, -0.05) is 31.5 Å². The molecule has 36 heavy (non-hydrogen) atoms. The quantitative estimate of drug-likeness (QED) is 0.313. The predicted octanol–water partition coefficient (Wildman–Crippen LogP) is 2.64. The van der Waals surface area contributed by atoms with E-state index in [-0.39, 0.29) is 30.9 Å². The highest BCUT2D eigenvalue weighted by Crippen LogP contribution is 2.23. The lowest BCUT2D eigenvalue weighted by atomic mass is 9.98. The van der Waals surface area contributed by atoms with Crippen LogP contribution in [0.1, 0.15) is 59.8 Å². The average Bonchev–Trinajstić information content (AvgIpc) is 3.19. The van der Waals surface area contributed by atoms with E-state index < -0.39 is 17.4 Å². The lowest BCUT2D eigenvalue weighted by Crippen LogP contribution is -2.48. The number of ether oxygens (including phenoxy) is 1. The Morgan fingerprint density at radius 2 is 1.81 bits per heavy atom. The minimum atomic E-state index is -0.717. The fourth-order valence-electron chi connectivity index (χ4n) is 3.70. The van der Waals surface area contributed by atoms with Crippen molar-refractivity contribution in [2.24, 2.45) is 5.16 Å². The fourth-order valence-corrected chi connectivity index (χ4v) is 3.70. The van der Waals surface area contributed by atoms with Gasteiger partial charge in [0, 0.05) is 35.4 Å². The van der Waals surface area contributed by atoms with Crippen LogP contribution in [-0.2, 0) is 28.8 Å². The number of rotatable bonds is 12. The molecular weight excluding hydrogens is 464 g/mol. The summed E-state index contributed by atoms with van der Waals surface area (Å²) >= 11 is 0. The van der Waals surface area contributed by atoms with Gasteiger partial charge in [0.05, 0.1) is 12.5 Å². The fraction of sp³-hybridized carbons (Fsp3) is 0.500. The summed E-state index contributed by atoms with van der Waals surface area (Å²) in [7, 11) is 1.46. The van der Waals surface area contributed by atoms with E-state index in [1.807, 2.05) is 13.0 Å².